The number of rotatable bonds is 11. The predicted octanol–water partition coefficient (Wildman–Crippen LogP) is 5.76. The first-order valence-electron chi connectivity index (χ1n) is 11.9. The van der Waals surface area contributed by atoms with Crippen molar-refractivity contribution < 1.29 is 19.6 Å². The lowest BCUT2D eigenvalue weighted by Gasteiger charge is -2.46. The number of ether oxygens (including phenoxy) is 1. The van der Waals surface area contributed by atoms with E-state index in [0.717, 1.165) is 24.7 Å². The van der Waals surface area contributed by atoms with Crippen LogP contribution in [-0.2, 0) is 21.8 Å². The number of carbonyl (C=O) groups excluding carboxylic acids is 1. The number of aliphatic hydroxyl groups excluding tert-OH is 1. The van der Waals surface area contributed by atoms with Gasteiger partial charge in [0.2, 0.25) is 0 Å². The molecule has 0 aromatic heterocycles. The third-order valence-corrected chi connectivity index (χ3v) is 7.58. The molecule has 4 rings (SSSR count). The molecule has 0 saturated heterocycles. The van der Waals surface area contributed by atoms with E-state index in [-0.39, 0.29) is 24.3 Å². The number of nitrogens with zero attached hydrogens (tertiary/aromatic N) is 2. The Kier molecular flexibility index (Phi) is 8.31. The second-order valence-corrected chi connectivity index (χ2v) is 10.4. The van der Waals surface area contributed by atoms with Crippen LogP contribution in [0.15, 0.2) is 83.4 Å². The van der Waals surface area contributed by atoms with Crippen LogP contribution in [0, 0.1) is 21.4 Å². The van der Waals surface area contributed by atoms with Crippen molar-refractivity contribution in [2.75, 3.05) is 20.3 Å². The molecule has 0 spiro atoms. The summed E-state index contributed by atoms with van der Waals surface area (Å²) < 4.78 is 6.81. The monoisotopic (exact) mass is 542 g/mol. The summed E-state index contributed by atoms with van der Waals surface area (Å²) in [7, 11) is 1.85. The Morgan fingerprint density at radius 3 is 2.41 bits per heavy atom. The molecule has 0 aliphatic heterocycles. The fourth-order valence-corrected chi connectivity index (χ4v) is 5.04. The highest BCUT2D eigenvalue weighted by molar-refractivity contribution is 6.32. The van der Waals surface area contributed by atoms with E-state index >= 15 is 0 Å². The Hall–Kier alpha value is -2.81. The van der Waals surface area contributed by atoms with Gasteiger partial charge < -0.3 is 14.6 Å². The van der Waals surface area contributed by atoms with Crippen LogP contribution in [0.2, 0.25) is 5.02 Å². The third-order valence-electron chi connectivity index (χ3n) is 6.99. The van der Waals surface area contributed by atoms with E-state index < -0.39 is 16.6 Å². The highest BCUT2D eigenvalue weighted by Gasteiger charge is 2.50. The van der Waals surface area contributed by atoms with Crippen LogP contribution < -0.4 is 0 Å². The summed E-state index contributed by atoms with van der Waals surface area (Å²) in [5.74, 6) is -0.693. The van der Waals surface area contributed by atoms with Crippen molar-refractivity contribution in [1.82, 2.24) is 4.90 Å². The van der Waals surface area contributed by atoms with Gasteiger partial charge in [-0.05, 0) is 43.7 Å². The molecule has 2 aromatic rings. The predicted molar refractivity (Wildman–Crippen MR) is 143 cm³/mol. The van der Waals surface area contributed by atoms with E-state index in [9.17, 15) is 20.0 Å². The van der Waals surface area contributed by atoms with Crippen LogP contribution >= 0.6 is 23.2 Å². The average Bonchev–Trinajstić information content (AvgIpc) is 3.70. The first-order chi connectivity index (χ1) is 17.7. The minimum Gasteiger partial charge on any atom is -0.396 e. The molecule has 2 unspecified atom stereocenters. The molecule has 0 heterocycles. The lowest BCUT2D eigenvalue weighted by atomic mass is 9.83. The Labute approximate surface area is 225 Å². The normalized spacial score (nSPS) is 20.0. The number of hydrogen-bond acceptors (Lipinski definition) is 6. The number of halogens is 2. The quantitative estimate of drug-likeness (QED) is 0.168. The summed E-state index contributed by atoms with van der Waals surface area (Å²) in [6.45, 7) is 0.544. The first-order valence-corrected chi connectivity index (χ1v) is 12.7. The minimum atomic E-state index is -1.32. The van der Waals surface area contributed by atoms with Gasteiger partial charge in [0.1, 0.15) is 6.29 Å². The van der Waals surface area contributed by atoms with Crippen LogP contribution in [0.3, 0.4) is 0 Å². The third kappa shape index (κ3) is 5.71. The number of likely N-dealkylation sites (N-methyl/N-ethyl adjacent to an activating group) is 1. The maximum absolute atomic E-state index is 12.4. The summed E-state index contributed by atoms with van der Waals surface area (Å²) in [6.07, 6.45) is 9.52. The van der Waals surface area contributed by atoms with Crippen molar-refractivity contribution >= 4 is 35.2 Å². The van der Waals surface area contributed by atoms with Crippen LogP contribution in [0.1, 0.15) is 24.0 Å². The Morgan fingerprint density at radius 2 is 1.84 bits per heavy atom. The summed E-state index contributed by atoms with van der Waals surface area (Å²) in [6, 6.07) is 13.5. The van der Waals surface area contributed by atoms with Gasteiger partial charge in [-0.2, -0.15) is 0 Å². The van der Waals surface area contributed by atoms with Gasteiger partial charge in [-0.3, -0.25) is 15.0 Å². The maximum atomic E-state index is 12.4. The molecule has 9 heteroatoms. The number of aliphatic hydroxyl groups is 1. The van der Waals surface area contributed by atoms with Gasteiger partial charge in [0.25, 0.3) is 5.69 Å². The number of nitro groups is 1. The van der Waals surface area contributed by atoms with Crippen LogP contribution in [0.5, 0.6) is 0 Å². The lowest BCUT2D eigenvalue weighted by Crippen LogP contribution is -2.50. The molecular weight excluding hydrogens is 515 g/mol. The minimum absolute atomic E-state index is 0.00365. The van der Waals surface area contributed by atoms with Gasteiger partial charge in [0.15, 0.2) is 5.72 Å². The van der Waals surface area contributed by atoms with Crippen molar-refractivity contribution in [3.63, 3.8) is 0 Å². The highest BCUT2D eigenvalue weighted by Crippen LogP contribution is 2.50. The molecule has 0 bridgehead atoms. The van der Waals surface area contributed by atoms with Crippen molar-refractivity contribution in [2.24, 2.45) is 11.3 Å². The summed E-state index contributed by atoms with van der Waals surface area (Å²) >= 11 is 13.1. The standard InChI is InChI=1S/C28H28Cl2N2O5/c1-31(16-20-6-12-24(13-7-20)32(35)36)28(22-8-10-23(29)11-9-22,37-19-27(18-34)14-15-27)26-21(17-33)4-2-3-5-25(26)30/h2-13,17,21,34H,14-16,18-19H2,1H3. The molecule has 37 heavy (non-hydrogen) atoms. The lowest BCUT2D eigenvalue weighted by molar-refractivity contribution is -0.384. The molecule has 2 aliphatic carbocycles. The number of carbonyl (C=O) groups is 1. The van der Waals surface area contributed by atoms with Gasteiger partial charge >= 0.3 is 0 Å². The van der Waals surface area contributed by atoms with E-state index in [4.69, 9.17) is 27.9 Å². The first kappa shape index (κ1) is 27.2. The van der Waals surface area contributed by atoms with E-state index in [1.165, 1.54) is 12.1 Å². The van der Waals surface area contributed by atoms with Crippen LogP contribution in [0.25, 0.3) is 0 Å². The highest BCUT2D eigenvalue weighted by atomic mass is 35.5. The van der Waals surface area contributed by atoms with Crippen molar-refractivity contribution in [3.05, 3.63) is 110 Å². The zero-order valence-electron chi connectivity index (χ0n) is 20.3. The van der Waals surface area contributed by atoms with Gasteiger partial charge in [-0.1, -0.05) is 65.7 Å². The summed E-state index contributed by atoms with van der Waals surface area (Å²) in [5, 5.41) is 22.1. The molecule has 1 saturated carbocycles. The van der Waals surface area contributed by atoms with Crippen molar-refractivity contribution in [1.29, 1.82) is 0 Å². The topological polar surface area (TPSA) is 92.9 Å². The second kappa shape index (κ2) is 11.3. The molecule has 7 nitrogen and oxygen atoms in total. The van der Waals surface area contributed by atoms with E-state index in [0.29, 0.717) is 27.7 Å². The van der Waals surface area contributed by atoms with Gasteiger partial charge in [0, 0.05) is 45.3 Å². The van der Waals surface area contributed by atoms with Gasteiger partial charge in [-0.25, -0.2) is 0 Å². The average molecular weight is 543 g/mol. The number of benzene rings is 2. The number of nitro benzene ring substituents is 1. The van der Waals surface area contributed by atoms with Crippen molar-refractivity contribution in [2.45, 2.75) is 25.1 Å². The zero-order valence-corrected chi connectivity index (χ0v) is 21.9. The molecule has 0 radical (unpaired) electrons. The molecule has 0 amide bonds. The molecule has 2 aromatic carbocycles. The molecule has 1 fully saturated rings. The zero-order chi connectivity index (χ0) is 26.6. The maximum Gasteiger partial charge on any atom is 0.269 e. The number of allylic oxidation sites excluding steroid dienone is 5. The largest absolute Gasteiger partial charge is 0.396 e. The molecule has 1 N–H and O–H groups in total. The van der Waals surface area contributed by atoms with E-state index in [1.54, 1.807) is 48.6 Å². The molecule has 2 aliphatic rings. The number of non-ortho nitro benzene ring substituents is 1. The Balaban J connectivity index is 1.88. The van der Waals surface area contributed by atoms with E-state index in [2.05, 4.69) is 0 Å². The van der Waals surface area contributed by atoms with Crippen LogP contribution in [0.4, 0.5) is 5.69 Å². The summed E-state index contributed by atoms with van der Waals surface area (Å²) in [5.41, 5.74) is 0.368. The number of hydrogen-bond donors (Lipinski definition) is 1. The van der Waals surface area contributed by atoms with Crippen molar-refractivity contribution in [3.8, 4) is 0 Å². The molecule has 2 atom stereocenters. The SMILES string of the molecule is CN(Cc1ccc([N+](=O)[O-])cc1)C(OCC1(CO)CC1)(C1=C(Cl)C=CC=CC1C=O)c1ccc(Cl)cc1. The Morgan fingerprint density at radius 1 is 1.16 bits per heavy atom. The summed E-state index contributed by atoms with van der Waals surface area (Å²) in [4.78, 5) is 25.0. The fraction of sp³-hybridized carbons (Fsp3) is 0.321. The van der Waals surface area contributed by atoms with Gasteiger partial charge in [-0.15, -0.1) is 0 Å². The number of aldehydes is 1. The molecule has 194 valence electrons. The Bertz CT molecular complexity index is 1240. The second-order valence-electron chi connectivity index (χ2n) is 9.54. The van der Waals surface area contributed by atoms with E-state index in [1.807, 2.05) is 24.1 Å². The molecular formula is C28H28Cl2N2O5. The van der Waals surface area contributed by atoms with Crippen LogP contribution in [-0.4, -0.2) is 41.5 Å². The van der Waals surface area contributed by atoms with Gasteiger partial charge in [0.05, 0.1) is 24.1 Å². The smallest absolute Gasteiger partial charge is 0.269 e. The fourth-order valence-electron chi connectivity index (χ4n) is 4.59.